The van der Waals surface area contributed by atoms with Crippen LogP contribution in [0.2, 0.25) is 0 Å². The van der Waals surface area contributed by atoms with Crippen molar-refractivity contribution < 1.29 is 9.59 Å². The minimum absolute atomic E-state index is 0.0382. The van der Waals surface area contributed by atoms with Crippen LogP contribution in [0, 0.1) is 13.8 Å². The lowest BCUT2D eigenvalue weighted by Gasteiger charge is -2.36. The number of likely N-dealkylation sites (N-methyl/N-ethyl adjacent to an activating group) is 1. The zero-order chi connectivity index (χ0) is 22.0. The molecule has 1 aromatic carbocycles. The fourth-order valence-corrected chi connectivity index (χ4v) is 5.30. The molecule has 168 valence electrons. The van der Waals surface area contributed by atoms with Crippen LogP contribution in [-0.4, -0.2) is 65.3 Å². The molecule has 1 aromatic rings. The summed E-state index contributed by atoms with van der Waals surface area (Å²) in [4.78, 5) is 33.8. The third kappa shape index (κ3) is 4.43. The molecular formula is C26H37N3O2. The first kappa shape index (κ1) is 22.1. The molecule has 0 spiro atoms. The average Bonchev–Trinajstić information content (AvgIpc) is 3.00. The van der Waals surface area contributed by atoms with Gasteiger partial charge in [-0.15, -0.1) is 0 Å². The second kappa shape index (κ2) is 9.56. The van der Waals surface area contributed by atoms with Gasteiger partial charge in [-0.1, -0.05) is 57.2 Å². The Labute approximate surface area is 187 Å². The lowest BCUT2D eigenvalue weighted by atomic mass is 9.95. The Kier molecular flexibility index (Phi) is 6.80. The van der Waals surface area contributed by atoms with E-state index in [0.29, 0.717) is 11.3 Å². The number of nitrogens with zero attached hydrogens (tertiary/aromatic N) is 3. The first-order valence-corrected chi connectivity index (χ1v) is 12.2. The van der Waals surface area contributed by atoms with Crippen LogP contribution >= 0.6 is 0 Å². The predicted octanol–water partition coefficient (Wildman–Crippen LogP) is 4.13. The minimum Gasteiger partial charge on any atom is -0.364 e. The maximum absolute atomic E-state index is 13.8. The van der Waals surface area contributed by atoms with E-state index in [1.54, 1.807) is 4.90 Å². The molecule has 4 rings (SSSR count). The number of benzene rings is 1. The van der Waals surface area contributed by atoms with Crippen LogP contribution in [0.1, 0.15) is 68.6 Å². The topological polar surface area (TPSA) is 43.9 Å². The number of hydrogen-bond donors (Lipinski definition) is 0. The lowest BCUT2D eigenvalue weighted by Crippen LogP contribution is -2.48. The number of imide groups is 1. The Hall–Kier alpha value is -2.14. The van der Waals surface area contributed by atoms with Gasteiger partial charge in [-0.3, -0.25) is 14.5 Å². The molecule has 1 saturated heterocycles. The van der Waals surface area contributed by atoms with E-state index in [1.807, 2.05) is 6.07 Å². The number of hydrogen-bond acceptors (Lipinski definition) is 4. The molecule has 2 amide bonds. The second-order valence-electron chi connectivity index (χ2n) is 9.42. The van der Waals surface area contributed by atoms with Gasteiger partial charge in [-0.25, -0.2) is 0 Å². The summed E-state index contributed by atoms with van der Waals surface area (Å²) in [7, 11) is 0. The smallest absolute Gasteiger partial charge is 0.278 e. The van der Waals surface area contributed by atoms with Crippen molar-refractivity contribution in [1.29, 1.82) is 0 Å². The molecule has 0 atom stereocenters. The molecule has 2 heterocycles. The van der Waals surface area contributed by atoms with Crippen molar-refractivity contribution in [3.8, 4) is 0 Å². The van der Waals surface area contributed by atoms with E-state index in [2.05, 4.69) is 42.7 Å². The van der Waals surface area contributed by atoms with Crippen LogP contribution in [-0.2, 0) is 9.59 Å². The first-order valence-electron chi connectivity index (χ1n) is 12.2. The molecule has 2 aliphatic heterocycles. The van der Waals surface area contributed by atoms with Gasteiger partial charge in [-0.2, -0.15) is 0 Å². The molecule has 0 bridgehead atoms. The van der Waals surface area contributed by atoms with Gasteiger partial charge in [0.2, 0.25) is 0 Å². The molecule has 0 N–H and O–H groups in total. The van der Waals surface area contributed by atoms with Crippen molar-refractivity contribution in [3.63, 3.8) is 0 Å². The summed E-state index contributed by atoms with van der Waals surface area (Å²) in [5.74, 6) is -0.138. The fourth-order valence-electron chi connectivity index (χ4n) is 5.30. The van der Waals surface area contributed by atoms with Crippen molar-refractivity contribution in [3.05, 3.63) is 40.6 Å². The highest BCUT2D eigenvalue weighted by atomic mass is 16.2. The second-order valence-corrected chi connectivity index (χ2v) is 9.42. The zero-order valence-corrected chi connectivity index (χ0v) is 19.5. The van der Waals surface area contributed by atoms with Crippen LogP contribution in [0.25, 0.3) is 5.57 Å². The standard InChI is InChI=1S/C26H37N3O2/c1-4-27-14-16-28(17-15-27)24-23(21-13-12-19(2)20(3)18-21)25(30)29(26(24)31)22-10-8-6-5-7-9-11-22/h12-13,18,22H,4-11,14-17H2,1-3H3. The van der Waals surface area contributed by atoms with Crippen molar-refractivity contribution >= 4 is 17.4 Å². The summed E-state index contributed by atoms with van der Waals surface area (Å²) in [5, 5.41) is 0. The van der Waals surface area contributed by atoms with Gasteiger partial charge in [-0.05, 0) is 49.9 Å². The van der Waals surface area contributed by atoms with Gasteiger partial charge in [0.05, 0.1) is 5.57 Å². The highest BCUT2D eigenvalue weighted by molar-refractivity contribution is 6.35. The highest BCUT2D eigenvalue weighted by Crippen LogP contribution is 2.36. The van der Waals surface area contributed by atoms with Gasteiger partial charge < -0.3 is 9.80 Å². The Morgan fingerprint density at radius 1 is 0.839 bits per heavy atom. The molecule has 31 heavy (non-hydrogen) atoms. The number of carbonyl (C=O) groups excluding carboxylic acids is 2. The molecule has 0 aromatic heterocycles. The van der Waals surface area contributed by atoms with E-state index < -0.39 is 0 Å². The average molecular weight is 424 g/mol. The van der Waals surface area contributed by atoms with Gasteiger partial charge in [0, 0.05) is 32.2 Å². The molecule has 0 unspecified atom stereocenters. The predicted molar refractivity (Wildman–Crippen MR) is 124 cm³/mol. The number of aryl methyl sites for hydroxylation is 2. The zero-order valence-electron chi connectivity index (χ0n) is 19.5. The van der Waals surface area contributed by atoms with E-state index in [1.165, 1.54) is 24.8 Å². The summed E-state index contributed by atoms with van der Waals surface area (Å²) in [6.07, 6.45) is 7.76. The van der Waals surface area contributed by atoms with Crippen molar-refractivity contribution in [2.45, 2.75) is 71.8 Å². The van der Waals surface area contributed by atoms with Crippen LogP contribution in [0.3, 0.4) is 0 Å². The van der Waals surface area contributed by atoms with Crippen LogP contribution in [0.5, 0.6) is 0 Å². The van der Waals surface area contributed by atoms with E-state index in [4.69, 9.17) is 0 Å². The van der Waals surface area contributed by atoms with Gasteiger partial charge in [0.15, 0.2) is 0 Å². The van der Waals surface area contributed by atoms with Crippen molar-refractivity contribution in [2.75, 3.05) is 32.7 Å². The fraction of sp³-hybridized carbons (Fsp3) is 0.615. The molecule has 2 fully saturated rings. The molecular weight excluding hydrogens is 386 g/mol. The summed E-state index contributed by atoms with van der Waals surface area (Å²) in [5.41, 5.74) is 4.52. The van der Waals surface area contributed by atoms with Crippen LogP contribution < -0.4 is 0 Å². The van der Waals surface area contributed by atoms with E-state index >= 15 is 0 Å². The van der Waals surface area contributed by atoms with Gasteiger partial charge in [0.25, 0.3) is 11.8 Å². The van der Waals surface area contributed by atoms with E-state index in [9.17, 15) is 9.59 Å². The summed E-state index contributed by atoms with van der Waals surface area (Å²) in [6.45, 7) is 10.8. The Morgan fingerprint density at radius 3 is 2.10 bits per heavy atom. The van der Waals surface area contributed by atoms with Crippen molar-refractivity contribution in [1.82, 2.24) is 14.7 Å². The Bertz CT molecular complexity index is 859. The summed E-state index contributed by atoms with van der Waals surface area (Å²) in [6, 6.07) is 6.21. The van der Waals surface area contributed by atoms with Crippen molar-refractivity contribution in [2.24, 2.45) is 0 Å². The summed E-state index contributed by atoms with van der Waals surface area (Å²) < 4.78 is 0. The lowest BCUT2D eigenvalue weighted by molar-refractivity contribution is -0.140. The number of amides is 2. The minimum atomic E-state index is -0.0771. The van der Waals surface area contributed by atoms with E-state index in [0.717, 1.165) is 69.5 Å². The number of rotatable bonds is 4. The quantitative estimate of drug-likeness (QED) is 0.683. The molecule has 0 radical (unpaired) electrons. The maximum atomic E-state index is 13.8. The summed E-state index contributed by atoms with van der Waals surface area (Å²) >= 11 is 0. The van der Waals surface area contributed by atoms with Gasteiger partial charge >= 0.3 is 0 Å². The van der Waals surface area contributed by atoms with Gasteiger partial charge in [0.1, 0.15) is 5.70 Å². The first-order chi connectivity index (χ1) is 15.0. The molecule has 5 nitrogen and oxygen atoms in total. The monoisotopic (exact) mass is 423 g/mol. The molecule has 5 heteroatoms. The van der Waals surface area contributed by atoms with Crippen LogP contribution in [0.4, 0.5) is 0 Å². The Morgan fingerprint density at radius 2 is 1.48 bits per heavy atom. The molecule has 1 saturated carbocycles. The Balaban J connectivity index is 1.71. The number of piperazine rings is 1. The highest BCUT2D eigenvalue weighted by Gasteiger charge is 2.45. The maximum Gasteiger partial charge on any atom is 0.278 e. The largest absolute Gasteiger partial charge is 0.364 e. The molecule has 3 aliphatic rings. The number of carbonyl (C=O) groups is 2. The van der Waals surface area contributed by atoms with E-state index in [-0.39, 0.29) is 17.9 Å². The third-order valence-electron chi connectivity index (χ3n) is 7.46. The SMILES string of the molecule is CCN1CCN(C2=C(c3ccc(C)c(C)c3)C(=O)N(C3CCCCCCC3)C2=O)CC1. The van der Waals surface area contributed by atoms with Crippen LogP contribution in [0.15, 0.2) is 23.9 Å². The molecule has 1 aliphatic carbocycles. The normalized spacial score (nSPS) is 22.3. The third-order valence-corrected chi connectivity index (χ3v) is 7.46.